The van der Waals surface area contributed by atoms with Crippen molar-refractivity contribution in [1.82, 2.24) is 5.32 Å². The maximum absolute atomic E-state index is 13.4. The smallest absolute Gasteiger partial charge is 0.326 e. The normalized spacial score (nSPS) is 17.1. The number of carbonyl (C=O) groups excluding carboxylic acids is 2. The summed E-state index contributed by atoms with van der Waals surface area (Å²) in [6.07, 6.45) is -10.1. The van der Waals surface area contributed by atoms with Gasteiger partial charge in [0.25, 0.3) is 5.78 Å². The second-order valence-electron chi connectivity index (χ2n) is 6.83. The van der Waals surface area contributed by atoms with Crippen molar-refractivity contribution in [2.24, 2.45) is 0 Å². The summed E-state index contributed by atoms with van der Waals surface area (Å²) in [6, 6.07) is 7.89. The highest BCUT2D eigenvalue weighted by atomic mass is 19.4. The highest BCUT2D eigenvalue weighted by Gasteiger charge is 2.47. The number of carbonyl (C=O) groups is 2. The number of nitrogens with zero attached hydrogens (tertiary/aromatic N) is 2. The zero-order valence-corrected chi connectivity index (χ0v) is 16.2. The second-order valence-corrected chi connectivity index (χ2v) is 6.83. The van der Waals surface area contributed by atoms with Crippen LogP contribution in [0.5, 0.6) is 0 Å². The van der Waals surface area contributed by atoms with E-state index in [-0.39, 0.29) is 16.8 Å². The van der Waals surface area contributed by atoms with Crippen LogP contribution < -0.4 is 10.2 Å². The van der Waals surface area contributed by atoms with Crippen LogP contribution in [-0.4, -0.2) is 18.0 Å². The number of nitrogens with one attached hydrogen (secondary N) is 1. The van der Waals surface area contributed by atoms with Gasteiger partial charge < -0.3 is 5.32 Å². The van der Waals surface area contributed by atoms with Crippen molar-refractivity contribution in [3.8, 4) is 6.07 Å². The van der Waals surface area contributed by atoms with E-state index in [2.05, 4.69) is 5.32 Å². The molecule has 1 N–H and O–H groups in total. The molecule has 166 valence electrons. The number of urea groups is 1. The van der Waals surface area contributed by atoms with Crippen LogP contribution in [0.3, 0.4) is 0 Å². The summed E-state index contributed by atoms with van der Waals surface area (Å²) in [4.78, 5) is 25.6. The molecule has 1 aliphatic heterocycles. The monoisotopic (exact) mass is 453 g/mol. The molecule has 0 aromatic heterocycles. The molecule has 2 amide bonds. The lowest BCUT2D eigenvalue weighted by Gasteiger charge is -2.36. The van der Waals surface area contributed by atoms with Crippen LogP contribution in [0.25, 0.3) is 0 Å². The Labute approximate surface area is 177 Å². The van der Waals surface area contributed by atoms with Gasteiger partial charge in [-0.2, -0.15) is 31.6 Å². The molecule has 2 aromatic rings. The lowest BCUT2D eigenvalue weighted by atomic mass is 9.91. The van der Waals surface area contributed by atoms with Gasteiger partial charge in [0.1, 0.15) is 0 Å². The average Bonchev–Trinajstić information content (AvgIpc) is 2.72. The van der Waals surface area contributed by atoms with Crippen molar-refractivity contribution in [2.75, 3.05) is 4.90 Å². The fourth-order valence-electron chi connectivity index (χ4n) is 3.32. The number of halogens is 6. The Balaban J connectivity index is 2.19. The number of nitriles is 1. The summed E-state index contributed by atoms with van der Waals surface area (Å²) in [5.41, 5.74) is -2.50. The number of amides is 2. The number of alkyl halides is 6. The maximum Gasteiger partial charge on any atom is 0.454 e. The quantitative estimate of drug-likeness (QED) is 0.645. The number of hydrogen-bond acceptors (Lipinski definition) is 3. The van der Waals surface area contributed by atoms with Crippen LogP contribution in [-0.2, 0) is 11.0 Å². The third kappa shape index (κ3) is 4.30. The van der Waals surface area contributed by atoms with Crippen LogP contribution in [0.15, 0.2) is 59.8 Å². The van der Waals surface area contributed by atoms with Gasteiger partial charge in [-0.1, -0.05) is 18.2 Å². The fraction of sp³-hybridized carbons (Fsp3) is 0.190. The van der Waals surface area contributed by atoms with Crippen LogP contribution in [0.2, 0.25) is 0 Å². The molecule has 1 atom stereocenters. The van der Waals surface area contributed by atoms with Gasteiger partial charge >= 0.3 is 18.4 Å². The van der Waals surface area contributed by atoms with E-state index in [4.69, 9.17) is 5.26 Å². The zero-order chi connectivity index (χ0) is 23.8. The van der Waals surface area contributed by atoms with Crippen LogP contribution in [0, 0.1) is 11.3 Å². The molecule has 3 rings (SSSR count). The molecule has 1 heterocycles. The Morgan fingerprint density at radius 2 is 1.69 bits per heavy atom. The molecule has 11 heteroatoms. The topological polar surface area (TPSA) is 73.2 Å². The van der Waals surface area contributed by atoms with Gasteiger partial charge in [0, 0.05) is 5.70 Å². The average molecular weight is 453 g/mol. The van der Waals surface area contributed by atoms with E-state index in [1.807, 2.05) is 6.07 Å². The van der Waals surface area contributed by atoms with Crippen LogP contribution in [0.1, 0.15) is 29.7 Å². The van der Waals surface area contributed by atoms with Gasteiger partial charge in [-0.3, -0.25) is 9.69 Å². The minimum Gasteiger partial charge on any atom is -0.326 e. The molecule has 0 fully saturated rings. The molecular formula is C21H13F6N3O2. The van der Waals surface area contributed by atoms with Crippen molar-refractivity contribution in [3.05, 3.63) is 76.5 Å². The molecule has 0 spiro atoms. The predicted octanol–water partition coefficient (Wildman–Crippen LogP) is 5.25. The van der Waals surface area contributed by atoms with Gasteiger partial charge in [-0.25, -0.2) is 4.79 Å². The first kappa shape index (κ1) is 22.9. The second kappa shape index (κ2) is 8.03. The summed E-state index contributed by atoms with van der Waals surface area (Å²) < 4.78 is 79.3. The van der Waals surface area contributed by atoms with E-state index < -0.39 is 47.0 Å². The molecule has 1 unspecified atom stereocenters. The lowest BCUT2D eigenvalue weighted by molar-refractivity contribution is -0.167. The Hall–Kier alpha value is -3.81. The van der Waals surface area contributed by atoms with Crippen molar-refractivity contribution >= 4 is 17.5 Å². The van der Waals surface area contributed by atoms with Crippen molar-refractivity contribution < 1.29 is 35.9 Å². The third-order valence-electron chi connectivity index (χ3n) is 4.79. The van der Waals surface area contributed by atoms with Gasteiger partial charge in [-0.05, 0) is 42.8 Å². The standard InChI is InChI=1S/C21H13F6N3O2/c1-11-16(18(31)21(25,26)27)17(13-7-5-12(10-28)6-8-13)29-19(32)30(11)15-4-2-3-14(9-15)20(22,23)24/h2-9,17H,1H3,(H,29,32). The van der Waals surface area contributed by atoms with E-state index in [0.29, 0.717) is 11.0 Å². The van der Waals surface area contributed by atoms with E-state index in [0.717, 1.165) is 25.1 Å². The van der Waals surface area contributed by atoms with Crippen LogP contribution >= 0.6 is 0 Å². The molecule has 0 saturated heterocycles. The summed E-state index contributed by atoms with van der Waals surface area (Å²) in [6.45, 7) is 1.05. The number of Topliss-reactive ketones (excluding diaryl/α,β-unsaturated/α-hetero) is 1. The molecule has 5 nitrogen and oxygen atoms in total. The Bertz CT molecular complexity index is 1140. The van der Waals surface area contributed by atoms with Crippen molar-refractivity contribution in [1.29, 1.82) is 5.26 Å². The summed E-state index contributed by atoms with van der Waals surface area (Å²) in [5.74, 6) is -2.25. The molecule has 0 bridgehead atoms. The van der Waals surface area contributed by atoms with E-state index in [9.17, 15) is 35.9 Å². The van der Waals surface area contributed by atoms with Crippen molar-refractivity contribution in [3.63, 3.8) is 0 Å². The molecule has 0 radical (unpaired) electrons. The maximum atomic E-state index is 13.4. The largest absolute Gasteiger partial charge is 0.454 e. The van der Waals surface area contributed by atoms with Crippen molar-refractivity contribution in [2.45, 2.75) is 25.3 Å². The highest BCUT2D eigenvalue weighted by molar-refractivity contribution is 6.07. The third-order valence-corrected chi connectivity index (χ3v) is 4.79. The Morgan fingerprint density at radius 1 is 1.06 bits per heavy atom. The number of anilines is 1. The van der Waals surface area contributed by atoms with Crippen LogP contribution in [0.4, 0.5) is 36.8 Å². The predicted molar refractivity (Wildman–Crippen MR) is 100 cm³/mol. The van der Waals surface area contributed by atoms with Gasteiger partial charge in [0.15, 0.2) is 0 Å². The fourth-order valence-corrected chi connectivity index (χ4v) is 3.32. The Morgan fingerprint density at radius 3 is 2.22 bits per heavy atom. The molecule has 2 aromatic carbocycles. The highest BCUT2D eigenvalue weighted by Crippen LogP contribution is 2.39. The minimum atomic E-state index is -5.30. The number of benzene rings is 2. The minimum absolute atomic E-state index is 0.0907. The number of hydrogen-bond donors (Lipinski definition) is 1. The zero-order valence-electron chi connectivity index (χ0n) is 16.2. The SMILES string of the molecule is CC1=C(C(=O)C(F)(F)F)C(c2ccc(C#N)cc2)NC(=O)N1c1cccc(C(F)(F)F)c1. The molecule has 0 saturated carbocycles. The summed E-state index contributed by atoms with van der Waals surface area (Å²) >= 11 is 0. The van der Waals surface area contributed by atoms with E-state index in [1.54, 1.807) is 0 Å². The summed E-state index contributed by atoms with van der Waals surface area (Å²) in [5, 5.41) is 11.1. The van der Waals surface area contributed by atoms with Gasteiger partial charge in [0.2, 0.25) is 0 Å². The molecule has 32 heavy (non-hydrogen) atoms. The van der Waals surface area contributed by atoms with E-state index >= 15 is 0 Å². The van der Waals surface area contributed by atoms with Gasteiger partial charge in [0.05, 0.1) is 34.5 Å². The first-order chi connectivity index (χ1) is 14.8. The van der Waals surface area contributed by atoms with E-state index in [1.165, 1.54) is 24.3 Å². The first-order valence-corrected chi connectivity index (χ1v) is 8.95. The molecular weight excluding hydrogens is 440 g/mol. The first-order valence-electron chi connectivity index (χ1n) is 8.95. The van der Waals surface area contributed by atoms with Gasteiger partial charge in [-0.15, -0.1) is 0 Å². The lowest BCUT2D eigenvalue weighted by Crippen LogP contribution is -2.49. The molecule has 0 aliphatic carbocycles. The summed E-state index contributed by atoms with van der Waals surface area (Å²) in [7, 11) is 0. The Kier molecular flexibility index (Phi) is 5.74. The molecule has 1 aliphatic rings. The number of ketones is 1. The number of rotatable bonds is 3. The number of allylic oxidation sites excluding steroid dienone is 1.